The van der Waals surface area contributed by atoms with Crippen LogP contribution in [-0.4, -0.2) is 22.5 Å². The molecule has 0 saturated heterocycles. The first-order valence-electron chi connectivity index (χ1n) is 6.67. The number of thioether (sulfide) groups is 1. The van der Waals surface area contributed by atoms with Crippen molar-refractivity contribution in [3.05, 3.63) is 41.2 Å². The Hall–Kier alpha value is -0.910. The van der Waals surface area contributed by atoms with Crippen LogP contribution in [0.4, 0.5) is 4.39 Å². The largest absolute Gasteiger partial charge is 0.310 e. The van der Waals surface area contributed by atoms with Gasteiger partial charge in [-0.3, -0.25) is 0 Å². The maximum atomic E-state index is 12.9. The quantitative estimate of drug-likeness (QED) is 0.875. The molecule has 106 valence electrons. The van der Waals surface area contributed by atoms with E-state index in [1.807, 2.05) is 11.8 Å². The van der Waals surface area contributed by atoms with Gasteiger partial charge in [-0.05, 0) is 43.4 Å². The summed E-state index contributed by atoms with van der Waals surface area (Å²) < 4.78 is 13.4. The van der Waals surface area contributed by atoms with E-state index in [1.54, 1.807) is 23.5 Å². The van der Waals surface area contributed by atoms with Crippen LogP contribution in [0.2, 0.25) is 0 Å². The maximum absolute atomic E-state index is 12.9. The zero-order chi connectivity index (χ0) is 14.0. The van der Waals surface area contributed by atoms with E-state index in [-0.39, 0.29) is 5.82 Å². The number of benzene rings is 1. The van der Waals surface area contributed by atoms with Crippen LogP contribution in [0.1, 0.15) is 18.5 Å². The Balaban J connectivity index is 1.58. The van der Waals surface area contributed by atoms with Gasteiger partial charge in [-0.2, -0.15) is 11.8 Å². The molecule has 1 N–H and O–H groups in total. The van der Waals surface area contributed by atoms with Gasteiger partial charge in [0.25, 0.3) is 0 Å². The third-order valence-corrected chi connectivity index (χ3v) is 6.00. The Morgan fingerprint density at radius 1 is 1.35 bits per heavy atom. The number of rotatable bonds is 6. The molecule has 1 fully saturated rings. The minimum atomic E-state index is -0.209. The summed E-state index contributed by atoms with van der Waals surface area (Å²) in [5.41, 5.74) is 2.04. The monoisotopic (exact) mass is 308 g/mol. The summed E-state index contributed by atoms with van der Waals surface area (Å²) in [5.74, 6) is -0.209. The van der Waals surface area contributed by atoms with Crippen LogP contribution < -0.4 is 5.32 Å². The summed E-state index contributed by atoms with van der Waals surface area (Å²) in [4.78, 5) is 4.60. The number of hydrogen-bond acceptors (Lipinski definition) is 4. The van der Waals surface area contributed by atoms with E-state index < -0.39 is 0 Å². The van der Waals surface area contributed by atoms with Crippen molar-refractivity contribution in [2.45, 2.75) is 24.1 Å². The Kier molecular flexibility index (Phi) is 4.10. The highest BCUT2D eigenvalue weighted by Gasteiger charge is 2.41. The normalized spacial score (nSPS) is 16.3. The van der Waals surface area contributed by atoms with E-state index in [0.717, 1.165) is 29.4 Å². The van der Waals surface area contributed by atoms with Crippen LogP contribution in [0.15, 0.2) is 29.6 Å². The first-order valence-corrected chi connectivity index (χ1v) is 8.77. The van der Waals surface area contributed by atoms with Gasteiger partial charge in [-0.1, -0.05) is 0 Å². The van der Waals surface area contributed by atoms with Gasteiger partial charge in [0.05, 0.1) is 5.69 Å². The second kappa shape index (κ2) is 5.84. The Morgan fingerprint density at radius 3 is 2.75 bits per heavy atom. The van der Waals surface area contributed by atoms with Crippen molar-refractivity contribution in [2.75, 3.05) is 12.8 Å². The third kappa shape index (κ3) is 3.22. The van der Waals surface area contributed by atoms with Crippen molar-refractivity contribution in [3.8, 4) is 10.6 Å². The van der Waals surface area contributed by atoms with E-state index in [4.69, 9.17) is 0 Å². The predicted octanol–water partition coefficient (Wildman–Crippen LogP) is 3.93. The Bertz CT molecular complexity index is 576. The summed E-state index contributed by atoms with van der Waals surface area (Å²) in [5, 5.41) is 6.52. The second-order valence-corrected chi connectivity index (χ2v) is 7.27. The molecule has 2 aromatic rings. The summed E-state index contributed by atoms with van der Waals surface area (Å²) in [6.45, 7) is 1.86. The molecule has 1 aromatic heterocycles. The highest BCUT2D eigenvalue weighted by Crippen LogP contribution is 2.46. The molecular formula is C15H17FN2S2. The van der Waals surface area contributed by atoms with Gasteiger partial charge in [0.15, 0.2) is 0 Å². The molecule has 0 amide bonds. The fourth-order valence-corrected chi connectivity index (χ4v) is 3.71. The highest BCUT2D eigenvalue weighted by molar-refractivity contribution is 8.00. The van der Waals surface area contributed by atoms with Crippen LogP contribution in [0.5, 0.6) is 0 Å². The van der Waals surface area contributed by atoms with Gasteiger partial charge in [0, 0.05) is 28.8 Å². The average Bonchev–Trinajstić information content (AvgIpc) is 3.09. The number of aromatic nitrogens is 1. The molecule has 0 spiro atoms. The van der Waals surface area contributed by atoms with Crippen molar-refractivity contribution < 1.29 is 4.39 Å². The third-order valence-electron chi connectivity index (χ3n) is 3.64. The molecule has 0 aliphatic heterocycles. The van der Waals surface area contributed by atoms with Crippen molar-refractivity contribution >= 4 is 23.1 Å². The van der Waals surface area contributed by atoms with Crippen LogP contribution in [0, 0.1) is 5.82 Å². The fourth-order valence-electron chi connectivity index (χ4n) is 2.12. The molecule has 2 nitrogen and oxygen atoms in total. The van der Waals surface area contributed by atoms with E-state index in [0.29, 0.717) is 4.75 Å². The number of nitrogens with one attached hydrogen (secondary N) is 1. The molecule has 1 aromatic carbocycles. The first-order chi connectivity index (χ1) is 9.71. The average molecular weight is 308 g/mol. The van der Waals surface area contributed by atoms with Crippen molar-refractivity contribution in [1.29, 1.82) is 0 Å². The first kappa shape index (κ1) is 14.0. The minimum Gasteiger partial charge on any atom is -0.310 e. The van der Waals surface area contributed by atoms with Gasteiger partial charge < -0.3 is 5.32 Å². The van der Waals surface area contributed by atoms with Crippen LogP contribution in [-0.2, 0) is 6.54 Å². The van der Waals surface area contributed by atoms with E-state index in [2.05, 4.69) is 21.9 Å². The minimum absolute atomic E-state index is 0.209. The maximum Gasteiger partial charge on any atom is 0.123 e. The molecule has 0 unspecified atom stereocenters. The number of hydrogen-bond donors (Lipinski definition) is 1. The van der Waals surface area contributed by atoms with Gasteiger partial charge in [0.2, 0.25) is 0 Å². The van der Waals surface area contributed by atoms with E-state index >= 15 is 0 Å². The van der Waals surface area contributed by atoms with Gasteiger partial charge in [-0.25, -0.2) is 9.37 Å². The van der Waals surface area contributed by atoms with Crippen molar-refractivity contribution in [2.24, 2.45) is 0 Å². The lowest BCUT2D eigenvalue weighted by Crippen LogP contribution is -2.25. The van der Waals surface area contributed by atoms with E-state index in [1.165, 1.54) is 25.0 Å². The van der Waals surface area contributed by atoms with Gasteiger partial charge in [-0.15, -0.1) is 11.3 Å². The van der Waals surface area contributed by atoms with Crippen LogP contribution >= 0.6 is 23.1 Å². The predicted molar refractivity (Wildman–Crippen MR) is 84.7 cm³/mol. The highest BCUT2D eigenvalue weighted by atomic mass is 32.2. The number of thiazole rings is 1. The topological polar surface area (TPSA) is 24.9 Å². The molecule has 0 radical (unpaired) electrons. The molecule has 20 heavy (non-hydrogen) atoms. The smallest absolute Gasteiger partial charge is 0.123 e. The lowest BCUT2D eigenvalue weighted by Gasteiger charge is -2.11. The van der Waals surface area contributed by atoms with Crippen molar-refractivity contribution in [1.82, 2.24) is 10.3 Å². The lowest BCUT2D eigenvalue weighted by atomic mass is 10.2. The summed E-state index contributed by atoms with van der Waals surface area (Å²) in [6, 6.07) is 6.50. The van der Waals surface area contributed by atoms with Gasteiger partial charge >= 0.3 is 0 Å². The Labute approximate surface area is 126 Å². The SMILES string of the molecule is CSC1(CNCc2csc(-c3ccc(F)cc3)n2)CC1. The van der Waals surface area contributed by atoms with Crippen LogP contribution in [0.3, 0.4) is 0 Å². The fraction of sp³-hybridized carbons (Fsp3) is 0.400. The van der Waals surface area contributed by atoms with E-state index in [9.17, 15) is 4.39 Å². The second-order valence-electron chi connectivity index (χ2n) is 5.14. The molecular weight excluding hydrogens is 291 g/mol. The zero-order valence-electron chi connectivity index (χ0n) is 11.4. The van der Waals surface area contributed by atoms with Gasteiger partial charge in [0.1, 0.15) is 10.8 Å². The molecule has 5 heteroatoms. The standard InChI is InChI=1S/C15H17FN2S2/c1-19-15(6-7-15)10-17-8-13-9-20-14(18-13)11-2-4-12(16)5-3-11/h2-5,9,17H,6-8,10H2,1H3. The summed E-state index contributed by atoms with van der Waals surface area (Å²) in [6.07, 6.45) is 4.82. The molecule has 1 heterocycles. The van der Waals surface area contributed by atoms with Crippen LogP contribution in [0.25, 0.3) is 10.6 Å². The zero-order valence-corrected chi connectivity index (χ0v) is 13.0. The molecule has 3 rings (SSSR count). The molecule has 1 saturated carbocycles. The summed E-state index contributed by atoms with van der Waals surface area (Å²) >= 11 is 3.57. The summed E-state index contributed by atoms with van der Waals surface area (Å²) in [7, 11) is 0. The van der Waals surface area contributed by atoms with Crippen molar-refractivity contribution in [3.63, 3.8) is 0 Å². The number of halogens is 1. The molecule has 1 aliphatic carbocycles. The molecule has 0 bridgehead atoms. The molecule has 1 aliphatic rings. The lowest BCUT2D eigenvalue weighted by molar-refractivity contribution is 0.628. The Morgan fingerprint density at radius 2 is 2.10 bits per heavy atom. The number of nitrogens with zero attached hydrogens (tertiary/aromatic N) is 1. The molecule has 0 atom stereocenters.